The van der Waals surface area contributed by atoms with Crippen LogP contribution in [0.15, 0.2) is 41.5 Å². The summed E-state index contributed by atoms with van der Waals surface area (Å²) in [5.74, 6) is 0.532. The first-order valence-corrected chi connectivity index (χ1v) is 9.00. The Bertz CT molecular complexity index is 778. The van der Waals surface area contributed by atoms with Crippen molar-refractivity contribution in [1.82, 2.24) is 0 Å². The Hall–Kier alpha value is -3.22. The lowest BCUT2D eigenvalue weighted by atomic mass is 10.1. The van der Waals surface area contributed by atoms with Crippen molar-refractivity contribution in [3.8, 4) is 17.2 Å². The Labute approximate surface area is 171 Å². The maximum atomic E-state index is 12.1. The monoisotopic (exact) mass is 404 g/mol. The molecule has 0 aliphatic carbocycles. The fourth-order valence-electron chi connectivity index (χ4n) is 2.23. The van der Waals surface area contributed by atoms with Crippen molar-refractivity contribution in [1.29, 1.82) is 0 Å². The first-order chi connectivity index (χ1) is 13.9. The summed E-state index contributed by atoms with van der Waals surface area (Å²) in [6.45, 7) is 4.97. The zero-order chi connectivity index (χ0) is 21.8. The molecule has 0 fully saturated rings. The van der Waals surface area contributed by atoms with Crippen molar-refractivity contribution in [2.75, 3.05) is 34.5 Å². The molecule has 0 bridgehead atoms. The van der Waals surface area contributed by atoms with Crippen LogP contribution in [-0.2, 0) is 19.1 Å². The third-order valence-corrected chi connectivity index (χ3v) is 4.03. The predicted octanol–water partition coefficient (Wildman–Crippen LogP) is 3.72. The molecule has 1 aromatic rings. The third kappa shape index (κ3) is 7.03. The summed E-state index contributed by atoms with van der Waals surface area (Å²) >= 11 is 0. The van der Waals surface area contributed by atoms with Crippen LogP contribution in [0.2, 0.25) is 0 Å². The van der Waals surface area contributed by atoms with E-state index in [-0.39, 0.29) is 18.8 Å². The van der Waals surface area contributed by atoms with Gasteiger partial charge in [-0.1, -0.05) is 18.2 Å². The van der Waals surface area contributed by atoms with E-state index in [1.165, 1.54) is 21.3 Å². The van der Waals surface area contributed by atoms with E-state index in [0.717, 1.165) is 5.56 Å². The Balaban J connectivity index is 2.69. The number of ether oxygens (including phenoxy) is 5. The second-order valence-corrected chi connectivity index (χ2v) is 5.82. The third-order valence-electron chi connectivity index (χ3n) is 4.03. The summed E-state index contributed by atoms with van der Waals surface area (Å²) < 4.78 is 26.2. The summed E-state index contributed by atoms with van der Waals surface area (Å²) in [6.07, 6.45) is 6.65. The molecule has 0 amide bonds. The molecule has 0 saturated heterocycles. The standard InChI is InChI=1S/C22H28O7/c1-7-15(3)21(23)29-14-17(8-2)22(24)28-11-9-10-16-12-18(25-4)20(27-6)19(13-16)26-5/h7-10,12-13H,11,14H2,1-6H3/b10-9+,15-7-,17-8-. The first-order valence-electron chi connectivity index (χ1n) is 9.00. The number of allylic oxidation sites excluding steroid dienone is 2. The molecule has 29 heavy (non-hydrogen) atoms. The van der Waals surface area contributed by atoms with Gasteiger partial charge in [0.05, 0.1) is 26.9 Å². The maximum absolute atomic E-state index is 12.1. The number of methoxy groups -OCH3 is 3. The average molecular weight is 404 g/mol. The highest BCUT2D eigenvalue weighted by Gasteiger charge is 2.14. The first kappa shape index (κ1) is 23.8. The quantitative estimate of drug-likeness (QED) is 0.434. The summed E-state index contributed by atoms with van der Waals surface area (Å²) in [7, 11) is 4.61. The Morgan fingerprint density at radius 3 is 2.00 bits per heavy atom. The second-order valence-electron chi connectivity index (χ2n) is 5.82. The van der Waals surface area contributed by atoms with Crippen LogP contribution in [0.1, 0.15) is 26.3 Å². The number of hydrogen-bond donors (Lipinski definition) is 0. The Morgan fingerprint density at radius 2 is 1.52 bits per heavy atom. The summed E-state index contributed by atoms with van der Waals surface area (Å²) in [5.41, 5.74) is 1.53. The van der Waals surface area contributed by atoms with Gasteiger partial charge in [-0.05, 0) is 44.5 Å². The molecule has 0 aliphatic heterocycles. The molecular formula is C22H28O7. The minimum atomic E-state index is -0.548. The van der Waals surface area contributed by atoms with Crippen molar-refractivity contribution in [3.05, 3.63) is 47.1 Å². The van der Waals surface area contributed by atoms with E-state index in [1.807, 2.05) is 0 Å². The SMILES string of the molecule is C/C=C(/C)C(=O)OC/C(=C/C)C(=O)OC/C=C/c1cc(OC)c(OC)c(OC)c1. The molecule has 0 aliphatic rings. The van der Waals surface area contributed by atoms with Crippen molar-refractivity contribution >= 4 is 18.0 Å². The molecule has 1 aromatic carbocycles. The van der Waals surface area contributed by atoms with Crippen LogP contribution in [0.25, 0.3) is 6.08 Å². The van der Waals surface area contributed by atoms with E-state index in [2.05, 4.69) is 0 Å². The van der Waals surface area contributed by atoms with E-state index >= 15 is 0 Å². The van der Waals surface area contributed by atoms with E-state index in [9.17, 15) is 9.59 Å². The summed E-state index contributed by atoms with van der Waals surface area (Å²) in [5, 5.41) is 0. The highest BCUT2D eigenvalue weighted by atomic mass is 16.6. The van der Waals surface area contributed by atoms with Gasteiger partial charge < -0.3 is 23.7 Å². The van der Waals surface area contributed by atoms with E-state index in [0.29, 0.717) is 22.8 Å². The molecule has 0 atom stereocenters. The smallest absolute Gasteiger partial charge is 0.337 e. The highest BCUT2D eigenvalue weighted by Crippen LogP contribution is 2.38. The van der Waals surface area contributed by atoms with Gasteiger partial charge in [0.2, 0.25) is 5.75 Å². The maximum Gasteiger partial charge on any atom is 0.337 e. The zero-order valence-corrected chi connectivity index (χ0v) is 17.7. The van der Waals surface area contributed by atoms with Crippen LogP contribution in [-0.4, -0.2) is 46.5 Å². The number of rotatable bonds is 10. The summed E-state index contributed by atoms with van der Waals surface area (Å²) in [4.78, 5) is 23.8. The molecule has 0 spiro atoms. The lowest BCUT2D eigenvalue weighted by Crippen LogP contribution is -2.16. The molecule has 0 heterocycles. The lowest BCUT2D eigenvalue weighted by Gasteiger charge is -2.12. The van der Waals surface area contributed by atoms with Gasteiger partial charge in [0.25, 0.3) is 0 Å². The molecule has 0 saturated carbocycles. The number of benzene rings is 1. The molecule has 0 N–H and O–H groups in total. The minimum Gasteiger partial charge on any atom is -0.493 e. The molecule has 1 rings (SSSR count). The molecule has 0 radical (unpaired) electrons. The fraction of sp³-hybridized carbons (Fsp3) is 0.364. The van der Waals surface area contributed by atoms with Gasteiger partial charge >= 0.3 is 11.9 Å². The van der Waals surface area contributed by atoms with Gasteiger partial charge in [0.15, 0.2) is 11.5 Å². The van der Waals surface area contributed by atoms with Gasteiger partial charge in [-0.25, -0.2) is 9.59 Å². The number of esters is 2. The zero-order valence-electron chi connectivity index (χ0n) is 17.7. The predicted molar refractivity (Wildman–Crippen MR) is 110 cm³/mol. The number of hydrogen-bond acceptors (Lipinski definition) is 7. The van der Waals surface area contributed by atoms with Gasteiger partial charge in [0.1, 0.15) is 13.2 Å². The van der Waals surface area contributed by atoms with Crippen molar-refractivity contribution < 1.29 is 33.3 Å². The molecule has 158 valence electrons. The van der Waals surface area contributed by atoms with Crippen LogP contribution in [0.3, 0.4) is 0 Å². The number of carbonyl (C=O) groups excluding carboxylic acids is 2. The molecule has 0 aromatic heterocycles. The Morgan fingerprint density at radius 1 is 0.897 bits per heavy atom. The van der Waals surface area contributed by atoms with Gasteiger partial charge in [-0.3, -0.25) is 0 Å². The van der Waals surface area contributed by atoms with Gasteiger partial charge in [-0.2, -0.15) is 0 Å². The lowest BCUT2D eigenvalue weighted by molar-refractivity contribution is -0.141. The molecular weight excluding hydrogens is 376 g/mol. The van der Waals surface area contributed by atoms with E-state index < -0.39 is 11.9 Å². The van der Waals surface area contributed by atoms with Crippen molar-refractivity contribution in [2.45, 2.75) is 20.8 Å². The topological polar surface area (TPSA) is 80.3 Å². The van der Waals surface area contributed by atoms with E-state index in [4.69, 9.17) is 23.7 Å². The van der Waals surface area contributed by atoms with Gasteiger partial charge in [0, 0.05) is 5.57 Å². The minimum absolute atomic E-state index is 0.0503. The largest absolute Gasteiger partial charge is 0.493 e. The van der Waals surface area contributed by atoms with Gasteiger partial charge in [-0.15, -0.1) is 0 Å². The molecule has 0 unspecified atom stereocenters. The van der Waals surface area contributed by atoms with Crippen LogP contribution in [0.4, 0.5) is 0 Å². The van der Waals surface area contributed by atoms with Crippen LogP contribution in [0.5, 0.6) is 17.2 Å². The summed E-state index contributed by atoms with van der Waals surface area (Å²) in [6, 6.07) is 3.56. The molecule has 7 heteroatoms. The van der Waals surface area contributed by atoms with Crippen LogP contribution < -0.4 is 14.2 Å². The highest BCUT2D eigenvalue weighted by molar-refractivity contribution is 5.91. The van der Waals surface area contributed by atoms with Crippen LogP contribution in [0, 0.1) is 0 Å². The molecule has 7 nitrogen and oxygen atoms in total. The number of carbonyl (C=O) groups is 2. The second kappa shape index (κ2) is 12.3. The average Bonchev–Trinajstić information content (AvgIpc) is 2.75. The Kier molecular flexibility index (Phi) is 10.1. The van der Waals surface area contributed by atoms with Crippen LogP contribution >= 0.6 is 0 Å². The fourth-order valence-corrected chi connectivity index (χ4v) is 2.23. The van der Waals surface area contributed by atoms with Crippen molar-refractivity contribution in [3.63, 3.8) is 0 Å². The van der Waals surface area contributed by atoms with Crippen molar-refractivity contribution in [2.24, 2.45) is 0 Å². The van der Waals surface area contributed by atoms with E-state index in [1.54, 1.807) is 57.2 Å². The normalized spacial score (nSPS) is 11.9.